The van der Waals surface area contributed by atoms with Gasteiger partial charge >= 0.3 is 0 Å². The van der Waals surface area contributed by atoms with Crippen LogP contribution in [0.5, 0.6) is 0 Å². The Bertz CT molecular complexity index is 594. The summed E-state index contributed by atoms with van der Waals surface area (Å²) in [6.45, 7) is 3.32. The number of anilines is 1. The summed E-state index contributed by atoms with van der Waals surface area (Å²) in [7, 11) is 0. The summed E-state index contributed by atoms with van der Waals surface area (Å²) in [5.41, 5.74) is 6.34. The molecule has 1 fully saturated rings. The highest BCUT2D eigenvalue weighted by Gasteiger charge is 2.22. The lowest BCUT2D eigenvalue weighted by atomic mass is 10.1. The van der Waals surface area contributed by atoms with Crippen molar-refractivity contribution < 1.29 is 4.74 Å². The third kappa shape index (κ3) is 3.36. The lowest BCUT2D eigenvalue weighted by Crippen LogP contribution is -2.37. The Balaban J connectivity index is 1.62. The van der Waals surface area contributed by atoms with Crippen LogP contribution < -0.4 is 10.6 Å². The predicted octanol–water partition coefficient (Wildman–Crippen LogP) is 1.83. The number of halogens is 1. The van der Waals surface area contributed by atoms with E-state index in [1.165, 1.54) is 0 Å². The van der Waals surface area contributed by atoms with Crippen molar-refractivity contribution >= 4 is 27.5 Å². The molecule has 2 aromatic heterocycles. The summed E-state index contributed by atoms with van der Waals surface area (Å²) < 4.78 is 8.60. The normalized spacial score (nSPS) is 16.8. The second kappa shape index (κ2) is 6.72. The Morgan fingerprint density at radius 1 is 1.38 bits per heavy atom. The molecule has 0 bridgehead atoms. The van der Waals surface area contributed by atoms with Gasteiger partial charge in [0.2, 0.25) is 5.95 Å². The first-order valence-electron chi connectivity index (χ1n) is 7.35. The van der Waals surface area contributed by atoms with Crippen LogP contribution in [0.2, 0.25) is 0 Å². The number of piperidine rings is 1. The molecule has 0 spiro atoms. The second-order valence-electron chi connectivity index (χ2n) is 5.24. The van der Waals surface area contributed by atoms with Crippen molar-refractivity contribution in [2.45, 2.75) is 25.4 Å². The molecular formula is C14H20BrN5O. The van der Waals surface area contributed by atoms with Gasteiger partial charge in [-0.3, -0.25) is 0 Å². The van der Waals surface area contributed by atoms with E-state index in [1.807, 2.05) is 22.8 Å². The summed E-state index contributed by atoms with van der Waals surface area (Å²) in [6, 6.07) is 3.93. The molecule has 0 atom stereocenters. The standard InChI is InChI=1S/C14H20BrN5O/c15-12-3-1-7-20-13(12)17-14(18-20)19-8-4-11(5-9-19)21-10-2-6-16/h1,3,7,11H,2,4-6,8-10,16H2. The number of aromatic nitrogens is 3. The number of hydrogen-bond donors (Lipinski definition) is 1. The van der Waals surface area contributed by atoms with Crippen molar-refractivity contribution in [3.63, 3.8) is 0 Å². The summed E-state index contributed by atoms with van der Waals surface area (Å²) in [6.07, 6.45) is 5.22. The van der Waals surface area contributed by atoms with Gasteiger partial charge in [-0.25, -0.2) is 4.52 Å². The number of hydrogen-bond acceptors (Lipinski definition) is 5. The van der Waals surface area contributed by atoms with E-state index < -0.39 is 0 Å². The van der Waals surface area contributed by atoms with Gasteiger partial charge in [-0.05, 0) is 53.9 Å². The Morgan fingerprint density at radius 2 is 2.19 bits per heavy atom. The zero-order valence-electron chi connectivity index (χ0n) is 11.9. The molecule has 1 aliphatic rings. The van der Waals surface area contributed by atoms with Crippen molar-refractivity contribution in [2.24, 2.45) is 5.73 Å². The molecule has 0 saturated carbocycles. The molecule has 21 heavy (non-hydrogen) atoms. The largest absolute Gasteiger partial charge is 0.378 e. The maximum Gasteiger partial charge on any atom is 0.245 e. The Morgan fingerprint density at radius 3 is 2.90 bits per heavy atom. The molecule has 0 unspecified atom stereocenters. The molecule has 3 heterocycles. The van der Waals surface area contributed by atoms with Gasteiger partial charge in [-0.15, -0.1) is 5.10 Å². The van der Waals surface area contributed by atoms with E-state index in [0.29, 0.717) is 12.6 Å². The van der Waals surface area contributed by atoms with E-state index in [2.05, 4.69) is 30.9 Å². The molecule has 1 saturated heterocycles. The van der Waals surface area contributed by atoms with Gasteiger partial charge in [-0.2, -0.15) is 4.98 Å². The highest BCUT2D eigenvalue weighted by Crippen LogP contribution is 2.22. The molecule has 2 aromatic rings. The van der Waals surface area contributed by atoms with E-state index in [4.69, 9.17) is 10.5 Å². The maximum atomic E-state index is 5.83. The van der Waals surface area contributed by atoms with Gasteiger partial charge in [0.05, 0.1) is 10.6 Å². The first kappa shape index (κ1) is 14.7. The van der Waals surface area contributed by atoms with Gasteiger partial charge in [-0.1, -0.05) is 0 Å². The van der Waals surface area contributed by atoms with Crippen LogP contribution in [-0.4, -0.2) is 46.9 Å². The van der Waals surface area contributed by atoms with Crippen LogP contribution in [0.1, 0.15) is 19.3 Å². The Hall–Kier alpha value is -1.18. The molecule has 6 nitrogen and oxygen atoms in total. The molecule has 3 rings (SSSR count). The topological polar surface area (TPSA) is 68.7 Å². The minimum Gasteiger partial charge on any atom is -0.378 e. The SMILES string of the molecule is NCCCOC1CCN(c2nc3c(Br)cccn3n2)CC1. The lowest BCUT2D eigenvalue weighted by Gasteiger charge is -2.31. The molecular weight excluding hydrogens is 334 g/mol. The van der Waals surface area contributed by atoms with Crippen LogP contribution in [0.15, 0.2) is 22.8 Å². The predicted molar refractivity (Wildman–Crippen MR) is 85.5 cm³/mol. The van der Waals surface area contributed by atoms with Crippen LogP contribution in [0.25, 0.3) is 5.65 Å². The van der Waals surface area contributed by atoms with Crippen LogP contribution in [0.4, 0.5) is 5.95 Å². The molecule has 0 radical (unpaired) electrons. The summed E-state index contributed by atoms with van der Waals surface area (Å²) >= 11 is 3.51. The highest BCUT2D eigenvalue weighted by molar-refractivity contribution is 9.10. The van der Waals surface area contributed by atoms with E-state index in [1.54, 1.807) is 0 Å². The van der Waals surface area contributed by atoms with Gasteiger partial charge in [0.25, 0.3) is 0 Å². The van der Waals surface area contributed by atoms with Crippen molar-refractivity contribution in [2.75, 3.05) is 31.1 Å². The Labute approximate surface area is 132 Å². The lowest BCUT2D eigenvalue weighted by molar-refractivity contribution is 0.0365. The highest BCUT2D eigenvalue weighted by atomic mass is 79.9. The minimum absolute atomic E-state index is 0.344. The van der Waals surface area contributed by atoms with E-state index in [9.17, 15) is 0 Å². The summed E-state index contributed by atoms with van der Waals surface area (Å²) in [4.78, 5) is 6.83. The quantitative estimate of drug-likeness (QED) is 0.830. The number of nitrogens with zero attached hydrogens (tertiary/aromatic N) is 4. The average Bonchev–Trinajstić information content (AvgIpc) is 2.94. The summed E-state index contributed by atoms with van der Waals surface area (Å²) in [5, 5.41) is 4.54. The molecule has 0 aromatic carbocycles. The molecule has 0 amide bonds. The zero-order chi connectivity index (χ0) is 14.7. The molecule has 2 N–H and O–H groups in total. The Kier molecular flexibility index (Phi) is 4.72. The second-order valence-corrected chi connectivity index (χ2v) is 6.09. The van der Waals surface area contributed by atoms with Gasteiger partial charge in [0.15, 0.2) is 5.65 Å². The number of nitrogens with two attached hydrogens (primary N) is 1. The van der Waals surface area contributed by atoms with E-state index in [-0.39, 0.29) is 0 Å². The maximum absolute atomic E-state index is 5.83. The number of fused-ring (bicyclic) bond motifs is 1. The van der Waals surface area contributed by atoms with Crippen molar-refractivity contribution in [3.8, 4) is 0 Å². The van der Waals surface area contributed by atoms with Crippen LogP contribution in [0, 0.1) is 0 Å². The van der Waals surface area contributed by atoms with Crippen LogP contribution in [-0.2, 0) is 4.74 Å². The fourth-order valence-electron chi connectivity index (χ4n) is 2.55. The van der Waals surface area contributed by atoms with Crippen molar-refractivity contribution in [1.29, 1.82) is 0 Å². The smallest absolute Gasteiger partial charge is 0.245 e. The first-order valence-corrected chi connectivity index (χ1v) is 8.15. The zero-order valence-corrected chi connectivity index (χ0v) is 13.5. The average molecular weight is 354 g/mol. The molecule has 0 aliphatic carbocycles. The molecule has 1 aliphatic heterocycles. The fraction of sp³-hybridized carbons (Fsp3) is 0.571. The third-order valence-electron chi connectivity index (χ3n) is 3.73. The van der Waals surface area contributed by atoms with Crippen LogP contribution >= 0.6 is 15.9 Å². The van der Waals surface area contributed by atoms with Crippen LogP contribution in [0.3, 0.4) is 0 Å². The first-order chi connectivity index (χ1) is 10.3. The third-order valence-corrected chi connectivity index (χ3v) is 4.35. The van der Waals surface area contributed by atoms with E-state index >= 15 is 0 Å². The van der Waals surface area contributed by atoms with Gasteiger partial charge < -0.3 is 15.4 Å². The fourth-order valence-corrected chi connectivity index (χ4v) is 2.98. The molecule has 7 heteroatoms. The van der Waals surface area contributed by atoms with E-state index in [0.717, 1.165) is 55.0 Å². The van der Waals surface area contributed by atoms with Gasteiger partial charge in [0, 0.05) is 25.9 Å². The van der Waals surface area contributed by atoms with Gasteiger partial charge in [0.1, 0.15) is 0 Å². The monoisotopic (exact) mass is 353 g/mol. The number of ether oxygens (including phenoxy) is 1. The molecule has 114 valence electrons. The summed E-state index contributed by atoms with van der Waals surface area (Å²) in [5.74, 6) is 0.794. The van der Waals surface area contributed by atoms with Crippen molar-refractivity contribution in [3.05, 3.63) is 22.8 Å². The minimum atomic E-state index is 0.344. The number of pyridine rings is 1. The van der Waals surface area contributed by atoms with Crippen molar-refractivity contribution in [1.82, 2.24) is 14.6 Å². The number of rotatable bonds is 5.